The molecule has 1 aliphatic heterocycles. The molecule has 5 nitrogen and oxygen atoms in total. The molecule has 1 heterocycles. The van der Waals surface area contributed by atoms with Crippen LogP contribution >= 0.6 is 15.9 Å². The maximum absolute atomic E-state index is 13.9. The Morgan fingerprint density at radius 2 is 1.60 bits per heavy atom. The largest absolute Gasteiger partial charge is 0.573 e. The van der Waals surface area contributed by atoms with E-state index in [2.05, 4.69) is 20.7 Å². The average Bonchev–Trinajstić information content (AvgIpc) is 2.79. The lowest BCUT2D eigenvalue weighted by atomic mass is 10.1. The van der Waals surface area contributed by atoms with Crippen molar-refractivity contribution in [3.8, 4) is 11.5 Å². The highest BCUT2D eigenvalue weighted by atomic mass is 79.9. The van der Waals surface area contributed by atoms with E-state index in [0.29, 0.717) is 4.90 Å². The number of aromatic hydroxyl groups is 1. The zero-order chi connectivity index (χ0) is 18.5. The highest BCUT2D eigenvalue weighted by Gasteiger charge is 2.41. The summed E-state index contributed by atoms with van der Waals surface area (Å²) in [6.45, 7) is 0. The maximum atomic E-state index is 13.9. The minimum absolute atomic E-state index is 0.00522. The fraction of sp³-hybridized carbons (Fsp3) is 0.0667. The summed E-state index contributed by atoms with van der Waals surface area (Å²) in [5.41, 5.74) is -0.630. The van der Waals surface area contributed by atoms with Gasteiger partial charge in [0.25, 0.3) is 11.8 Å². The summed E-state index contributed by atoms with van der Waals surface area (Å²) in [5, 5.41) is 10.0. The summed E-state index contributed by atoms with van der Waals surface area (Å²) in [6.07, 6.45) is -5.29. The molecule has 3 rings (SSSR count). The van der Waals surface area contributed by atoms with E-state index in [4.69, 9.17) is 0 Å². The summed E-state index contributed by atoms with van der Waals surface area (Å²) in [6, 6.07) is 6.49. The molecule has 1 N–H and O–H groups in total. The number of phenolic OH excluding ortho intramolecular Hbond substituents is 1. The first-order valence-corrected chi connectivity index (χ1v) is 7.35. The second kappa shape index (κ2) is 5.73. The molecule has 0 radical (unpaired) electrons. The molecule has 2 aromatic rings. The molecule has 0 saturated carbocycles. The molecular weight excluding hydrogens is 414 g/mol. The van der Waals surface area contributed by atoms with Gasteiger partial charge in [-0.2, -0.15) is 0 Å². The topological polar surface area (TPSA) is 66.8 Å². The highest BCUT2D eigenvalue weighted by molar-refractivity contribution is 9.10. The first-order chi connectivity index (χ1) is 11.6. The van der Waals surface area contributed by atoms with Crippen LogP contribution in [0.3, 0.4) is 0 Å². The second-order valence-corrected chi connectivity index (χ2v) is 5.76. The Morgan fingerprint density at radius 1 is 1.08 bits per heavy atom. The van der Waals surface area contributed by atoms with Crippen molar-refractivity contribution in [1.82, 2.24) is 0 Å². The number of hydrogen-bond acceptors (Lipinski definition) is 4. The number of nitrogens with zero attached hydrogens (tertiary/aromatic N) is 1. The van der Waals surface area contributed by atoms with Gasteiger partial charge in [-0.25, -0.2) is 9.29 Å². The molecule has 0 saturated heterocycles. The van der Waals surface area contributed by atoms with Crippen molar-refractivity contribution in [2.75, 3.05) is 4.90 Å². The minimum Gasteiger partial charge on any atom is -0.503 e. The molecule has 0 atom stereocenters. The Kier molecular flexibility index (Phi) is 3.94. The summed E-state index contributed by atoms with van der Waals surface area (Å²) < 4.78 is 54.2. The molecule has 0 fully saturated rings. The lowest BCUT2D eigenvalue weighted by Gasteiger charge is -2.19. The number of carbonyl (C=O) groups excluding carboxylic acids is 2. The molecule has 130 valence electrons. The third-order valence-corrected chi connectivity index (χ3v) is 3.96. The van der Waals surface area contributed by atoms with Crippen molar-refractivity contribution in [3.63, 3.8) is 0 Å². The number of amides is 2. The minimum atomic E-state index is -5.29. The number of hydrogen-bond donors (Lipinski definition) is 1. The van der Waals surface area contributed by atoms with Gasteiger partial charge < -0.3 is 9.84 Å². The van der Waals surface area contributed by atoms with Gasteiger partial charge in [0.15, 0.2) is 11.6 Å². The summed E-state index contributed by atoms with van der Waals surface area (Å²) >= 11 is 2.68. The third kappa shape index (κ3) is 2.82. The summed E-state index contributed by atoms with van der Waals surface area (Å²) in [4.78, 5) is 25.2. The normalized spacial score (nSPS) is 14.0. The van der Waals surface area contributed by atoms with Crippen molar-refractivity contribution < 1.29 is 37.0 Å². The quantitative estimate of drug-likeness (QED) is 0.590. The average molecular weight is 420 g/mol. The van der Waals surface area contributed by atoms with Gasteiger partial charge in [-0.15, -0.1) is 13.2 Å². The van der Waals surface area contributed by atoms with Crippen LogP contribution in [0.25, 0.3) is 0 Å². The lowest BCUT2D eigenvalue weighted by Crippen LogP contribution is -2.30. The van der Waals surface area contributed by atoms with Crippen molar-refractivity contribution in [2.45, 2.75) is 6.36 Å². The van der Waals surface area contributed by atoms with E-state index in [0.717, 1.165) is 6.07 Å². The lowest BCUT2D eigenvalue weighted by molar-refractivity contribution is -0.276. The van der Waals surface area contributed by atoms with Gasteiger partial charge in [0, 0.05) is 0 Å². The second-order valence-electron chi connectivity index (χ2n) is 4.91. The van der Waals surface area contributed by atoms with E-state index >= 15 is 0 Å². The smallest absolute Gasteiger partial charge is 0.503 e. The van der Waals surface area contributed by atoms with Crippen LogP contribution in [0.15, 0.2) is 34.8 Å². The molecular formula is C15H6BrF4NO4. The predicted octanol–water partition coefficient (Wildman–Crippen LogP) is 3.99. The van der Waals surface area contributed by atoms with Gasteiger partial charge in [-0.05, 0) is 34.1 Å². The van der Waals surface area contributed by atoms with Crippen molar-refractivity contribution in [2.24, 2.45) is 0 Å². The SMILES string of the molecule is O=C1c2ccccc2C(=O)N1c1cc(Br)c(F)c(OC(F)(F)F)c1O. The molecule has 1 aliphatic rings. The van der Waals surface area contributed by atoms with Gasteiger partial charge in [0.05, 0.1) is 21.3 Å². The van der Waals surface area contributed by atoms with Crippen LogP contribution in [0.2, 0.25) is 0 Å². The Balaban J connectivity index is 2.16. The maximum Gasteiger partial charge on any atom is 0.573 e. The van der Waals surface area contributed by atoms with Gasteiger partial charge >= 0.3 is 6.36 Å². The fourth-order valence-corrected chi connectivity index (χ4v) is 2.76. The first kappa shape index (κ1) is 17.2. The molecule has 0 bridgehead atoms. The number of imide groups is 1. The standard InChI is InChI=1S/C15H6BrF4NO4/c16-8-5-9(11(22)12(10(8)17)25-15(18,19)20)21-13(23)6-3-1-2-4-7(6)14(21)24/h1-5,22H. The van der Waals surface area contributed by atoms with Gasteiger partial charge in [-0.1, -0.05) is 12.1 Å². The molecule has 0 aliphatic carbocycles. The van der Waals surface area contributed by atoms with Gasteiger partial charge in [-0.3, -0.25) is 9.59 Å². The van der Waals surface area contributed by atoms with E-state index in [-0.39, 0.29) is 11.1 Å². The van der Waals surface area contributed by atoms with E-state index in [1.165, 1.54) is 24.3 Å². The monoisotopic (exact) mass is 419 g/mol. The van der Waals surface area contributed by atoms with Gasteiger partial charge in [0.2, 0.25) is 5.75 Å². The fourth-order valence-electron chi connectivity index (χ4n) is 2.37. The number of alkyl halides is 3. The van der Waals surface area contributed by atoms with Crippen LogP contribution < -0.4 is 9.64 Å². The zero-order valence-electron chi connectivity index (χ0n) is 11.9. The first-order valence-electron chi connectivity index (χ1n) is 6.56. The Morgan fingerprint density at radius 3 is 2.08 bits per heavy atom. The molecule has 10 heteroatoms. The van der Waals surface area contributed by atoms with Crippen LogP contribution in [0.1, 0.15) is 20.7 Å². The van der Waals surface area contributed by atoms with Gasteiger partial charge in [0.1, 0.15) is 0 Å². The number of rotatable bonds is 2. The van der Waals surface area contributed by atoms with E-state index < -0.39 is 45.7 Å². The van der Waals surface area contributed by atoms with E-state index in [1.807, 2.05) is 0 Å². The van der Waals surface area contributed by atoms with Crippen LogP contribution in [0.4, 0.5) is 23.2 Å². The molecule has 0 aromatic heterocycles. The number of carbonyl (C=O) groups is 2. The Hall–Kier alpha value is -2.62. The summed E-state index contributed by atoms with van der Waals surface area (Å²) in [5.74, 6) is -6.14. The van der Waals surface area contributed by atoms with Crippen LogP contribution in [-0.2, 0) is 0 Å². The highest BCUT2D eigenvalue weighted by Crippen LogP contribution is 2.46. The summed E-state index contributed by atoms with van der Waals surface area (Å²) in [7, 11) is 0. The molecule has 25 heavy (non-hydrogen) atoms. The number of anilines is 1. The van der Waals surface area contributed by atoms with Crippen molar-refractivity contribution >= 4 is 33.4 Å². The number of benzene rings is 2. The van der Waals surface area contributed by atoms with Crippen molar-refractivity contribution in [1.29, 1.82) is 0 Å². The van der Waals surface area contributed by atoms with Crippen molar-refractivity contribution in [3.05, 3.63) is 51.7 Å². The Bertz CT molecular complexity index is 878. The van der Waals surface area contributed by atoms with Crippen LogP contribution in [0, 0.1) is 5.82 Å². The zero-order valence-corrected chi connectivity index (χ0v) is 13.5. The van der Waals surface area contributed by atoms with Crippen LogP contribution in [-0.4, -0.2) is 23.3 Å². The van der Waals surface area contributed by atoms with Crippen LogP contribution in [0.5, 0.6) is 11.5 Å². The molecule has 2 amide bonds. The van der Waals surface area contributed by atoms with E-state index in [1.54, 1.807) is 0 Å². The number of halogens is 5. The number of phenols is 1. The predicted molar refractivity (Wildman–Crippen MR) is 80.0 cm³/mol. The Labute approximate surface area is 145 Å². The third-order valence-electron chi connectivity index (χ3n) is 3.38. The molecule has 0 spiro atoms. The molecule has 0 unspecified atom stereocenters. The van der Waals surface area contributed by atoms with E-state index in [9.17, 15) is 32.3 Å². The number of fused-ring (bicyclic) bond motifs is 1. The molecule has 2 aromatic carbocycles. The number of ether oxygens (including phenoxy) is 1.